The Bertz CT molecular complexity index is 1150. The maximum Gasteiger partial charge on any atom is 0.416 e. The number of nitrogens with one attached hydrogen (secondary N) is 2. The van der Waals surface area contributed by atoms with Crippen LogP contribution in [0.4, 0.5) is 23.7 Å². The number of pyridine rings is 1. The first-order valence-corrected chi connectivity index (χ1v) is 9.14. The predicted molar refractivity (Wildman–Crippen MR) is 102 cm³/mol. The number of anilines is 1. The number of amides is 2. The van der Waals surface area contributed by atoms with Crippen LogP contribution in [0.2, 0.25) is 0 Å². The molecule has 1 saturated heterocycles. The van der Waals surface area contributed by atoms with Gasteiger partial charge in [-0.15, -0.1) is 0 Å². The highest BCUT2D eigenvalue weighted by Crippen LogP contribution is 2.32. The van der Waals surface area contributed by atoms with Gasteiger partial charge in [-0.2, -0.15) is 13.2 Å². The monoisotopic (exact) mass is 419 g/mol. The van der Waals surface area contributed by atoms with Gasteiger partial charge in [-0.3, -0.25) is 19.9 Å². The Labute approximate surface area is 166 Å². The van der Waals surface area contributed by atoms with E-state index in [1.54, 1.807) is 18.3 Å². The van der Waals surface area contributed by atoms with Gasteiger partial charge in [-0.1, -0.05) is 12.1 Å². The molecule has 1 fully saturated rings. The van der Waals surface area contributed by atoms with Crippen molar-refractivity contribution < 1.29 is 27.2 Å². The Morgan fingerprint density at radius 1 is 1.21 bits per heavy atom. The van der Waals surface area contributed by atoms with Gasteiger partial charge >= 0.3 is 6.18 Å². The molecule has 0 radical (unpaired) electrons. The van der Waals surface area contributed by atoms with Gasteiger partial charge in [0.2, 0.25) is 0 Å². The van der Waals surface area contributed by atoms with Crippen LogP contribution in [0.1, 0.15) is 16.9 Å². The van der Waals surface area contributed by atoms with Crippen molar-refractivity contribution in [3.8, 4) is 0 Å². The van der Waals surface area contributed by atoms with Crippen LogP contribution in [0, 0.1) is 0 Å². The number of rotatable bonds is 4. The first-order valence-electron chi connectivity index (χ1n) is 8.32. The third-order valence-electron chi connectivity index (χ3n) is 4.09. The number of halogens is 3. The number of thioether (sulfide) groups is 1. The van der Waals surface area contributed by atoms with E-state index in [-0.39, 0.29) is 11.4 Å². The first kappa shape index (κ1) is 19.1. The molecule has 0 spiro atoms. The number of benzene rings is 1. The molecule has 2 N–H and O–H groups in total. The van der Waals surface area contributed by atoms with Crippen molar-refractivity contribution in [1.82, 2.24) is 10.3 Å². The summed E-state index contributed by atoms with van der Waals surface area (Å²) in [6.07, 6.45) is 0.0919. The Balaban J connectivity index is 1.57. The smallest absolute Gasteiger partial charge is 0.416 e. The second-order valence-corrected chi connectivity index (χ2v) is 7.17. The average Bonchev–Trinajstić information content (AvgIpc) is 3.22. The molecule has 0 atom stereocenters. The Kier molecular flexibility index (Phi) is 4.79. The minimum atomic E-state index is -4.41. The third-order valence-corrected chi connectivity index (χ3v) is 4.91. The second kappa shape index (κ2) is 7.28. The summed E-state index contributed by atoms with van der Waals surface area (Å²) in [6.45, 7) is 0.134. The van der Waals surface area contributed by atoms with E-state index in [4.69, 9.17) is 4.42 Å². The first-order chi connectivity index (χ1) is 13.8. The lowest BCUT2D eigenvalue weighted by atomic mass is 10.1. The molecule has 1 aliphatic rings. The fourth-order valence-corrected chi connectivity index (χ4v) is 3.45. The van der Waals surface area contributed by atoms with Gasteiger partial charge in [0, 0.05) is 24.2 Å². The topological polar surface area (TPSA) is 84.2 Å². The molecule has 29 heavy (non-hydrogen) atoms. The van der Waals surface area contributed by atoms with E-state index in [9.17, 15) is 22.8 Å². The minimum absolute atomic E-state index is 0.134. The van der Waals surface area contributed by atoms with Gasteiger partial charge in [-0.25, -0.2) is 0 Å². The van der Waals surface area contributed by atoms with Crippen LogP contribution in [0.5, 0.6) is 0 Å². The van der Waals surface area contributed by atoms with Gasteiger partial charge in [-0.05, 0) is 35.5 Å². The number of carbonyl (C=O) groups is 2. The quantitative estimate of drug-likeness (QED) is 0.592. The summed E-state index contributed by atoms with van der Waals surface area (Å²) < 4.78 is 44.3. The van der Waals surface area contributed by atoms with E-state index >= 15 is 0 Å². The number of hydrogen-bond donors (Lipinski definition) is 2. The highest BCUT2D eigenvalue weighted by Gasteiger charge is 2.30. The van der Waals surface area contributed by atoms with Gasteiger partial charge in [0.15, 0.2) is 5.58 Å². The van der Waals surface area contributed by atoms with Crippen LogP contribution in [0.25, 0.3) is 17.0 Å². The normalized spacial score (nSPS) is 15.9. The molecule has 0 bridgehead atoms. The molecule has 0 aliphatic carbocycles. The fraction of sp³-hybridized carbons (Fsp3) is 0.105. The Morgan fingerprint density at radius 3 is 2.76 bits per heavy atom. The van der Waals surface area contributed by atoms with Gasteiger partial charge in [0.05, 0.1) is 22.4 Å². The number of hydrogen-bond acceptors (Lipinski definition) is 6. The number of alkyl halides is 3. The number of aromatic nitrogens is 1. The van der Waals surface area contributed by atoms with Crippen LogP contribution in [0.15, 0.2) is 52.0 Å². The van der Waals surface area contributed by atoms with Gasteiger partial charge < -0.3 is 9.73 Å². The number of nitrogens with zero attached hydrogens (tertiary/aromatic N) is 1. The summed E-state index contributed by atoms with van der Waals surface area (Å²) in [4.78, 5) is 27.2. The minimum Gasteiger partial charge on any atom is -0.454 e. The molecular formula is C19H12F3N3O3S. The average molecular weight is 419 g/mol. The molecule has 0 unspecified atom stereocenters. The van der Waals surface area contributed by atoms with Crippen LogP contribution in [-0.4, -0.2) is 16.1 Å². The van der Waals surface area contributed by atoms with Crippen molar-refractivity contribution >= 4 is 45.6 Å². The summed E-state index contributed by atoms with van der Waals surface area (Å²) in [7, 11) is 0. The maximum atomic E-state index is 12.9. The molecule has 1 aliphatic heterocycles. The molecule has 10 heteroatoms. The molecular weight excluding hydrogens is 407 g/mol. The second-order valence-electron chi connectivity index (χ2n) is 6.16. The highest BCUT2D eigenvalue weighted by molar-refractivity contribution is 8.18. The summed E-state index contributed by atoms with van der Waals surface area (Å²) in [5.74, 6) is -0.149. The van der Waals surface area contributed by atoms with Crippen molar-refractivity contribution in [3.05, 3.63) is 64.5 Å². The van der Waals surface area contributed by atoms with Crippen molar-refractivity contribution in [3.63, 3.8) is 0 Å². The van der Waals surface area contributed by atoms with Crippen molar-refractivity contribution in [2.75, 3.05) is 5.32 Å². The maximum absolute atomic E-state index is 12.9. The summed E-state index contributed by atoms with van der Waals surface area (Å²) in [6, 6.07) is 6.68. The molecule has 1 aromatic carbocycles. The van der Waals surface area contributed by atoms with E-state index in [0.717, 1.165) is 23.9 Å². The Morgan fingerprint density at radius 2 is 2.03 bits per heavy atom. The molecule has 3 aromatic rings. The van der Waals surface area contributed by atoms with E-state index in [1.807, 2.05) is 0 Å². The lowest BCUT2D eigenvalue weighted by molar-refractivity contribution is -0.137. The van der Waals surface area contributed by atoms with E-state index in [0.29, 0.717) is 28.0 Å². The fourth-order valence-electron chi connectivity index (χ4n) is 2.78. The summed E-state index contributed by atoms with van der Waals surface area (Å²) in [5, 5.41) is 5.36. The van der Waals surface area contributed by atoms with Crippen LogP contribution in [-0.2, 0) is 17.5 Å². The molecule has 0 saturated carbocycles. The van der Waals surface area contributed by atoms with Crippen molar-refractivity contribution in [2.24, 2.45) is 0 Å². The SMILES string of the molecule is O=C1NC(=O)C(=Cc2cc3cncc(NCc4cccc(C(F)(F)F)c4)c3o2)S1. The van der Waals surface area contributed by atoms with Crippen LogP contribution < -0.4 is 10.6 Å². The van der Waals surface area contributed by atoms with E-state index < -0.39 is 22.9 Å². The molecule has 2 aromatic heterocycles. The standard InChI is InChI=1S/C19H12F3N3O3S/c20-19(21,22)12-3-1-2-10(4-12)7-24-14-9-23-8-11-5-13(28-16(11)14)6-15-17(26)25-18(27)29-15/h1-6,8-9,24H,7H2,(H,25,26,27). The lowest BCUT2D eigenvalue weighted by Crippen LogP contribution is -2.17. The third kappa shape index (κ3) is 4.11. The van der Waals surface area contributed by atoms with Crippen LogP contribution >= 0.6 is 11.8 Å². The van der Waals surface area contributed by atoms with Crippen molar-refractivity contribution in [2.45, 2.75) is 12.7 Å². The number of furan rings is 1. The van der Waals surface area contributed by atoms with E-state index in [2.05, 4.69) is 15.6 Å². The molecule has 6 nitrogen and oxygen atoms in total. The zero-order valence-electron chi connectivity index (χ0n) is 14.5. The zero-order valence-corrected chi connectivity index (χ0v) is 15.4. The number of fused-ring (bicyclic) bond motifs is 1. The van der Waals surface area contributed by atoms with E-state index in [1.165, 1.54) is 18.3 Å². The molecule has 3 heterocycles. The molecule has 4 rings (SSSR count). The number of imide groups is 1. The number of carbonyl (C=O) groups excluding carboxylic acids is 2. The largest absolute Gasteiger partial charge is 0.454 e. The highest BCUT2D eigenvalue weighted by atomic mass is 32.2. The summed E-state index contributed by atoms with van der Waals surface area (Å²) in [5.41, 5.74) is 0.655. The Hall–Kier alpha value is -3.27. The molecule has 2 amide bonds. The van der Waals surface area contributed by atoms with Crippen molar-refractivity contribution in [1.29, 1.82) is 0 Å². The summed E-state index contributed by atoms with van der Waals surface area (Å²) >= 11 is 0.772. The van der Waals surface area contributed by atoms with Crippen LogP contribution in [0.3, 0.4) is 0 Å². The van der Waals surface area contributed by atoms with Gasteiger partial charge in [0.25, 0.3) is 11.1 Å². The lowest BCUT2D eigenvalue weighted by Gasteiger charge is -2.10. The zero-order chi connectivity index (χ0) is 20.6. The molecule has 148 valence electrons. The predicted octanol–water partition coefficient (Wildman–Crippen LogP) is 4.78. The van der Waals surface area contributed by atoms with Gasteiger partial charge in [0.1, 0.15) is 5.76 Å².